The Morgan fingerprint density at radius 3 is 2.59 bits per heavy atom. The number of nitrogen functional groups attached to an aromatic ring is 1. The Morgan fingerprint density at radius 1 is 1.27 bits per heavy atom. The molecule has 1 aliphatic rings. The number of hydrogen-bond acceptors (Lipinski definition) is 6. The number of aromatic amines is 1. The first-order valence-corrected chi connectivity index (χ1v) is 6.33. The van der Waals surface area contributed by atoms with Crippen LogP contribution in [-0.4, -0.2) is 9.97 Å². The molecule has 1 aromatic carbocycles. The van der Waals surface area contributed by atoms with Crippen LogP contribution in [0.15, 0.2) is 40.5 Å². The van der Waals surface area contributed by atoms with E-state index in [-0.39, 0.29) is 28.7 Å². The molecule has 1 aliphatic heterocycles. The zero-order valence-electron chi connectivity index (χ0n) is 11.2. The molecule has 0 saturated heterocycles. The number of nitrogens with zero attached hydrogens (tertiary/aromatic N) is 2. The van der Waals surface area contributed by atoms with E-state index in [1.165, 1.54) is 24.3 Å². The monoisotopic (exact) mass is 298 g/mol. The molecule has 0 fully saturated rings. The summed E-state index contributed by atoms with van der Waals surface area (Å²) in [7, 11) is 0. The molecule has 0 spiro atoms. The lowest BCUT2D eigenvalue weighted by Crippen LogP contribution is -2.30. The molecule has 3 rings (SSSR count). The smallest absolute Gasteiger partial charge is 0.258 e. The second-order valence-corrected chi connectivity index (χ2v) is 4.76. The second-order valence-electron chi connectivity index (χ2n) is 4.76. The maximum absolute atomic E-state index is 13.1. The van der Waals surface area contributed by atoms with Gasteiger partial charge in [0.05, 0.1) is 23.1 Å². The van der Waals surface area contributed by atoms with E-state index in [1.54, 1.807) is 0 Å². The highest BCUT2D eigenvalue weighted by Crippen LogP contribution is 2.37. The van der Waals surface area contributed by atoms with Crippen LogP contribution in [0.5, 0.6) is 0 Å². The van der Waals surface area contributed by atoms with Gasteiger partial charge in [0.25, 0.3) is 5.56 Å². The molecule has 0 saturated carbocycles. The lowest BCUT2D eigenvalue weighted by atomic mass is 9.84. The van der Waals surface area contributed by atoms with Gasteiger partial charge in [0.15, 0.2) is 0 Å². The maximum Gasteiger partial charge on any atom is 0.258 e. The molecule has 7 nitrogen and oxygen atoms in total. The molecule has 0 amide bonds. The van der Waals surface area contributed by atoms with Crippen LogP contribution in [-0.2, 0) is 0 Å². The van der Waals surface area contributed by atoms with Crippen molar-refractivity contribution in [2.24, 2.45) is 5.73 Å². The molecule has 2 heterocycles. The summed E-state index contributed by atoms with van der Waals surface area (Å²) in [5.41, 5.74) is 11.8. The fourth-order valence-electron chi connectivity index (χ4n) is 2.47. The molecule has 1 atom stereocenters. The van der Waals surface area contributed by atoms with Crippen molar-refractivity contribution in [2.45, 2.75) is 5.92 Å². The number of hydrogen-bond donors (Lipinski definition) is 4. The number of allylic oxidation sites excluding steroid dienone is 1. The molecular formula is C14H11FN6O. The van der Waals surface area contributed by atoms with Gasteiger partial charge in [0.1, 0.15) is 17.5 Å². The van der Waals surface area contributed by atoms with Gasteiger partial charge < -0.3 is 16.8 Å². The minimum atomic E-state index is -0.737. The first-order valence-electron chi connectivity index (χ1n) is 6.33. The third-order valence-electron chi connectivity index (χ3n) is 3.42. The number of anilines is 2. The third-order valence-corrected chi connectivity index (χ3v) is 3.42. The summed E-state index contributed by atoms with van der Waals surface area (Å²) < 4.78 is 13.1. The van der Waals surface area contributed by atoms with Crippen LogP contribution >= 0.6 is 0 Å². The predicted octanol–water partition coefficient (Wildman–Crippen LogP) is 0.742. The Hall–Kier alpha value is -3.34. The number of fused-ring (bicyclic) bond motifs is 1. The van der Waals surface area contributed by atoms with Gasteiger partial charge in [-0.25, -0.2) is 4.39 Å². The average molecular weight is 298 g/mol. The topological polar surface area (TPSA) is 134 Å². The van der Waals surface area contributed by atoms with Crippen molar-refractivity contribution in [3.63, 3.8) is 0 Å². The summed E-state index contributed by atoms with van der Waals surface area (Å²) in [6.07, 6.45) is 0. The molecule has 0 aliphatic carbocycles. The van der Waals surface area contributed by atoms with Crippen LogP contribution in [0.4, 0.5) is 16.2 Å². The van der Waals surface area contributed by atoms with Crippen LogP contribution < -0.4 is 22.3 Å². The molecule has 2 aromatic rings. The normalized spacial score (nSPS) is 16.6. The molecule has 110 valence electrons. The zero-order chi connectivity index (χ0) is 15.9. The minimum Gasteiger partial charge on any atom is -0.384 e. The molecule has 0 bridgehead atoms. The van der Waals surface area contributed by atoms with Crippen LogP contribution in [0.3, 0.4) is 0 Å². The van der Waals surface area contributed by atoms with Crippen molar-refractivity contribution >= 4 is 11.8 Å². The first kappa shape index (κ1) is 13.6. The fraction of sp³-hybridized carbons (Fsp3) is 0.0714. The number of aromatic nitrogens is 2. The molecular weight excluding hydrogens is 287 g/mol. The number of nitrogens with two attached hydrogens (primary N) is 2. The standard InChI is InChI=1S/C14H11FN6O/c15-7-3-1-6(2-4-7)9-8(5-16)11(17)19-12-10(9)13(22)21-14(18)20-12/h1-4,9H,17H2,(H4,18,19,20,21,22). The first-order chi connectivity index (χ1) is 10.5. The van der Waals surface area contributed by atoms with E-state index in [1.807, 2.05) is 6.07 Å². The van der Waals surface area contributed by atoms with Crippen LogP contribution in [0.2, 0.25) is 0 Å². The Balaban J connectivity index is 2.29. The highest BCUT2D eigenvalue weighted by molar-refractivity contribution is 5.64. The predicted molar refractivity (Wildman–Crippen MR) is 78.0 cm³/mol. The third kappa shape index (κ3) is 2.05. The number of halogens is 1. The van der Waals surface area contributed by atoms with Gasteiger partial charge in [0, 0.05) is 0 Å². The van der Waals surface area contributed by atoms with Crippen molar-refractivity contribution in [1.29, 1.82) is 5.26 Å². The molecule has 6 N–H and O–H groups in total. The van der Waals surface area contributed by atoms with E-state index in [4.69, 9.17) is 11.5 Å². The zero-order valence-corrected chi connectivity index (χ0v) is 11.2. The van der Waals surface area contributed by atoms with Gasteiger partial charge in [-0.2, -0.15) is 10.2 Å². The summed E-state index contributed by atoms with van der Waals surface area (Å²) in [5.74, 6) is -0.951. The van der Waals surface area contributed by atoms with Crippen LogP contribution in [0, 0.1) is 17.1 Å². The average Bonchev–Trinajstić information content (AvgIpc) is 2.46. The number of H-pyrrole nitrogens is 1. The number of rotatable bonds is 1. The number of benzene rings is 1. The SMILES string of the molecule is N#CC1=C(N)Nc2nc(N)[nH]c(=O)c2C1c1ccc(F)cc1. The van der Waals surface area contributed by atoms with E-state index in [9.17, 15) is 14.4 Å². The van der Waals surface area contributed by atoms with E-state index < -0.39 is 17.3 Å². The van der Waals surface area contributed by atoms with Crippen LogP contribution in [0.25, 0.3) is 0 Å². The van der Waals surface area contributed by atoms with Crippen molar-refractivity contribution < 1.29 is 4.39 Å². The fourth-order valence-corrected chi connectivity index (χ4v) is 2.47. The van der Waals surface area contributed by atoms with E-state index >= 15 is 0 Å². The van der Waals surface area contributed by atoms with Gasteiger partial charge in [-0.3, -0.25) is 9.78 Å². The van der Waals surface area contributed by atoms with E-state index in [2.05, 4.69) is 15.3 Å². The number of nitrogens with one attached hydrogen (secondary N) is 2. The quantitative estimate of drug-likeness (QED) is 0.613. The summed E-state index contributed by atoms with van der Waals surface area (Å²) in [5, 5.41) is 12.1. The Morgan fingerprint density at radius 2 is 1.95 bits per heavy atom. The molecule has 0 radical (unpaired) electrons. The van der Waals surface area contributed by atoms with Gasteiger partial charge in [0.2, 0.25) is 5.95 Å². The minimum absolute atomic E-state index is 0.0673. The Bertz CT molecular complexity index is 878. The summed E-state index contributed by atoms with van der Waals surface area (Å²) in [6.45, 7) is 0. The van der Waals surface area contributed by atoms with Gasteiger partial charge in [-0.05, 0) is 17.7 Å². The van der Waals surface area contributed by atoms with Crippen molar-refractivity contribution in [3.8, 4) is 6.07 Å². The van der Waals surface area contributed by atoms with Crippen molar-refractivity contribution in [2.75, 3.05) is 11.1 Å². The highest BCUT2D eigenvalue weighted by Gasteiger charge is 2.32. The van der Waals surface area contributed by atoms with E-state index in [0.29, 0.717) is 5.56 Å². The van der Waals surface area contributed by atoms with Gasteiger partial charge >= 0.3 is 0 Å². The summed E-state index contributed by atoms with van der Waals surface area (Å²) in [4.78, 5) is 18.6. The van der Waals surface area contributed by atoms with Crippen molar-refractivity contribution in [1.82, 2.24) is 9.97 Å². The van der Waals surface area contributed by atoms with Gasteiger partial charge in [-0.15, -0.1) is 0 Å². The highest BCUT2D eigenvalue weighted by atomic mass is 19.1. The lowest BCUT2D eigenvalue weighted by Gasteiger charge is -2.25. The Kier molecular flexibility index (Phi) is 3.03. The molecule has 1 unspecified atom stereocenters. The van der Waals surface area contributed by atoms with Gasteiger partial charge in [-0.1, -0.05) is 12.1 Å². The summed E-state index contributed by atoms with van der Waals surface area (Å²) in [6, 6.07) is 7.48. The Labute approximate surface area is 124 Å². The van der Waals surface area contributed by atoms with Crippen LogP contribution in [0.1, 0.15) is 17.0 Å². The largest absolute Gasteiger partial charge is 0.384 e. The lowest BCUT2D eigenvalue weighted by molar-refractivity contribution is 0.626. The molecule has 22 heavy (non-hydrogen) atoms. The van der Waals surface area contributed by atoms with E-state index in [0.717, 1.165) is 0 Å². The van der Waals surface area contributed by atoms with Crippen molar-refractivity contribution in [3.05, 3.63) is 63.0 Å². The second kappa shape index (κ2) is 4.89. The molecule has 1 aromatic heterocycles. The number of nitriles is 1. The molecule has 8 heteroatoms. The maximum atomic E-state index is 13.1. The summed E-state index contributed by atoms with van der Waals surface area (Å²) >= 11 is 0.